The van der Waals surface area contributed by atoms with Crippen LogP contribution in [0.5, 0.6) is 0 Å². The highest BCUT2D eigenvalue weighted by Crippen LogP contribution is 2.38. The first-order valence-corrected chi connectivity index (χ1v) is 6.72. The molecule has 0 spiro atoms. The summed E-state index contributed by atoms with van der Waals surface area (Å²) in [5, 5.41) is 11.0. The second-order valence-corrected chi connectivity index (χ2v) is 4.99. The average Bonchev–Trinajstić information content (AvgIpc) is 2.41. The first-order valence-electron chi connectivity index (χ1n) is 6.19. The largest absolute Gasteiger partial charge is 0.385 e. The number of ether oxygens (including phenoxy) is 1. The van der Waals surface area contributed by atoms with Crippen LogP contribution in [0.15, 0.2) is 30.3 Å². The summed E-state index contributed by atoms with van der Waals surface area (Å²) in [5.41, 5.74) is 0.180. The molecule has 0 aromatic heterocycles. The fourth-order valence-electron chi connectivity index (χ4n) is 2.63. The van der Waals surface area contributed by atoms with Crippen LogP contribution in [-0.4, -0.2) is 24.2 Å². The maximum Gasteiger partial charge on any atom is 0.0937 e. The van der Waals surface area contributed by atoms with Gasteiger partial charge in [0.2, 0.25) is 0 Å². The topological polar surface area (TPSA) is 29.5 Å². The molecule has 1 fully saturated rings. The summed E-state index contributed by atoms with van der Waals surface area (Å²) in [5.74, 6) is 0.723. The van der Waals surface area contributed by atoms with Gasteiger partial charge in [0.1, 0.15) is 0 Å². The quantitative estimate of drug-likeness (QED) is 0.838. The average molecular weight is 255 g/mol. The molecule has 1 aromatic carbocycles. The van der Waals surface area contributed by atoms with Gasteiger partial charge in [-0.2, -0.15) is 0 Å². The van der Waals surface area contributed by atoms with Crippen molar-refractivity contribution in [3.05, 3.63) is 35.9 Å². The standard InChI is InChI=1S/C14H19ClO2/c15-9-8-14(16,12-4-2-1-3-5-12)13-6-10-17-11-7-13/h1-5,13,16H,6-11H2. The van der Waals surface area contributed by atoms with Crippen LogP contribution in [0, 0.1) is 5.92 Å². The molecule has 94 valence electrons. The first kappa shape index (κ1) is 12.9. The smallest absolute Gasteiger partial charge is 0.0937 e. The van der Waals surface area contributed by atoms with Crippen LogP contribution in [0.4, 0.5) is 0 Å². The molecule has 1 aliphatic rings. The van der Waals surface area contributed by atoms with E-state index in [1.807, 2.05) is 30.3 Å². The lowest BCUT2D eigenvalue weighted by molar-refractivity contribution is -0.0725. The minimum Gasteiger partial charge on any atom is -0.385 e. The van der Waals surface area contributed by atoms with Crippen molar-refractivity contribution >= 4 is 11.6 Å². The number of halogens is 1. The predicted molar refractivity (Wildman–Crippen MR) is 69.2 cm³/mol. The Kier molecular flexibility index (Phi) is 4.43. The van der Waals surface area contributed by atoms with Gasteiger partial charge >= 0.3 is 0 Å². The Morgan fingerprint density at radius 3 is 2.47 bits per heavy atom. The fourth-order valence-corrected chi connectivity index (χ4v) is 2.92. The van der Waals surface area contributed by atoms with Gasteiger partial charge in [0.25, 0.3) is 0 Å². The van der Waals surface area contributed by atoms with Crippen LogP contribution in [0.1, 0.15) is 24.8 Å². The molecule has 0 bridgehead atoms. The van der Waals surface area contributed by atoms with Crippen molar-refractivity contribution in [1.29, 1.82) is 0 Å². The van der Waals surface area contributed by atoms with Gasteiger partial charge in [-0.3, -0.25) is 0 Å². The van der Waals surface area contributed by atoms with Crippen molar-refractivity contribution in [3.8, 4) is 0 Å². The van der Waals surface area contributed by atoms with Crippen LogP contribution in [-0.2, 0) is 10.3 Å². The second-order valence-electron chi connectivity index (χ2n) is 4.62. The van der Waals surface area contributed by atoms with E-state index in [2.05, 4.69) is 0 Å². The Hall–Kier alpha value is -0.570. The van der Waals surface area contributed by atoms with E-state index in [-0.39, 0.29) is 5.92 Å². The molecule has 17 heavy (non-hydrogen) atoms. The number of hydrogen-bond acceptors (Lipinski definition) is 2. The Labute approximate surface area is 108 Å². The Bertz CT molecular complexity index is 335. The highest BCUT2D eigenvalue weighted by molar-refractivity contribution is 6.17. The van der Waals surface area contributed by atoms with E-state index in [0.717, 1.165) is 31.6 Å². The van der Waals surface area contributed by atoms with E-state index < -0.39 is 5.60 Å². The molecule has 3 heteroatoms. The first-order chi connectivity index (χ1) is 8.27. The minimum absolute atomic E-state index is 0.248. The molecule has 1 atom stereocenters. The van der Waals surface area contributed by atoms with Crippen molar-refractivity contribution in [3.63, 3.8) is 0 Å². The van der Waals surface area contributed by atoms with Gasteiger partial charge in [-0.15, -0.1) is 11.6 Å². The summed E-state index contributed by atoms with van der Waals surface area (Å²) in [6.07, 6.45) is 2.41. The van der Waals surface area contributed by atoms with E-state index >= 15 is 0 Å². The zero-order valence-corrected chi connectivity index (χ0v) is 10.7. The van der Waals surface area contributed by atoms with Crippen molar-refractivity contribution in [1.82, 2.24) is 0 Å². The number of hydrogen-bond donors (Lipinski definition) is 1. The lowest BCUT2D eigenvalue weighted by Crippen LogP contribution is -2.39. The predicted octanol–water partition coefficient (Wildman–Crippen LogP) is 2.93. The van der Waals surface area contributed by atoms with Crippen LogP contribution < -0.4 is 0 Å². The molecule has 1 unspecified atom stereocenters. The molecule has 2 rings (SSSR count). The second kappa shape index (κ2) is 5.85. The van der Waals surface area contributed by atoms with Gasteiger partial charge in [-0.1, -0.05) is 30.3 Å². The number of alkyl halides is 1. The van der Waals surface area contributed by atoms with E-state index in [4.69, 9.17) is 16.3 Å². The summed E-state index contributed by atoms with van der Waals surface area (Å²) in [6, 6.07) is 9.88. The minimum atomic E-state index is -0.799. The van der Waals surface area contributed by atoms with Crippen LogP contribution in [0.2, 0.25) is 0 Å². The molecule has 0 aliphatic carbocycles. The van der Waals surface area contributed by atoms with Crippen LogP contribution >= 0.6 is 11.6 Å². The molecule has 1 heterocycles. The Balaban J connectivity index is 2.24. The summed E-state index contributed by atoms with van der Waals surface area (Å²) >= 11 is 5.86. The SMILES string of the molecule is OC(CCCl)(c1ccccc1)C1CCOCC1. The van der Waals surface area contributed by atoms with E-state index in [1.54, 1.807) is 0 Å². The lowest BCUT2D eigenvalue weighted by atomic mass is 9.75. The maximum absolute atomic E-state index is 11.0. The number of aliphatic hydroxyl groups is 1. The summed E-state index contributed by atoms with van der Waals surface area (Å²) in [7, 11) is 0. The number of benzene rings is 1. The van der Waals surface area contributed by atoms with Crippen molar-refractivity contribution in [2.75, 3.05) is 19.1 Å². The monoisotopic (exact) mass is 254 g/mol. The molecule has 1 N–H and O–H groups in total. The normalized spacial score (nSPS) is 21.1. The third-order valence-electron chi connectivity index (χ3n) is 3.65. The Morgan fingerprint density at radius 2 is 1.88 bits per heavy atom. The molecule has 1 aromatic rings. The molecule has 1 aliphatic heterocycles. The van der Waals surface area contributed by atoms with Crippen LogP contribution in [0.3, 0.4) is 0 Å². The molecule has 0 saturated carbocycles. The zero-order valence-electron chi connectivity index (χ0n) is 9.94. The molecule has 0 radical (unpaired) electrons. The molecule has 0 amide bonds. The highest BCUT2D eigenvalue weighted by atomic mass is 35.5. The van der Waals surface area contributed by atoms with Crippen molar-refractivity contribution < 1.29 is 9.84 Å². The van der Waals surface area contributed by atoms with Gasteiger partial charge in [0.15, 0.2) is 0 Å². The van der Waals surface area contributed by atoms with Gasteiger partial charge in [-0.05, 0) is 30.7 Å². The van der Waals surface area contributed by atoms with Gasteiger partial charge < -0.3 is 9.84 Å². The summed E-state index contributed by atoms with van der Waals surface area (Å²) in [6.45, 7) is 1.48. The fraction of sp³-hybridized carbons (Fsp3) is 0.571. The molecule has 1 saturated heterocycles. The maximum atomic E-state index is 11.0. The summed E-state index contributed by atoms with van der Waals surface area (Å²) < 4.78 is 5.36. The van der Waals surface area contributed by atoms with E-state index in [1.165, 1.54) is 0 Å². The van der Waals surface area contributed by atoms with E-state index in [0.29, 0.717) is 12.3 Å². The highest BCUT2D eigenvalue weighted by Gasteiger charge is 2.38. The molecule has 2 nitrogen and oxygen atoms in total. The van der Waals surface area contributed by atoms with Gasteiger partial charge in [0.05, 0.1) is 5.60 Å². The third kappa shape index (κ3) is 2.82. The number of rotatable bonds is 4. The van der Waals surface area contributed by atoms with Crippen LogP contribution in [0.25, 0.3) is 0 Å². The van der Waals surface area contributed by atoms with Crippen molar-refractivity contribution in [2.45, 2.75) is 24.9 Å². The van der Waals surface area contributed by atoms with Gasteiger partial charge in [0, 0.05) is 19.1 Å². The summed E-state index contributed by atoms with van der Waals surface area (Å²) in [4.78, 5) is 0. The molecular formula is C14H19ClO2. The van der Waals surface area contributed by atoms with Crippen molar-refractivity contribution in [2.24, 2.45) is 5.92 Å². The zero-order chi connectivity index (χ0) is 12.1. The lowest BCUT2D eigenvalue weighted by Gasteiger charge is -2.38. The molecular weight excluding hydrogens is 236 g/mol. The van der Waals surface area contributed by atoms with Gasteiger partial charge in [-0.25, -0.2) is 0 Å². The van der Waals surface area contributed by atoms with E-state index in [9.17, 15) is 5.11 Å². The Morgan fingerprint density at radius 1 is 1.24 bits per heavy atom. The third-order valence-corrected chi connectivity index (χ3v) is 3.83.